The van der Waals surface area contributed by atoms with Gasteiger partial charge in [-0.15, -0.1) is 0 Å². The van der Waals surface area contributed by atoms with Crippen LogP contribution < -0.4 is 5.32 Å². The summed E-state index contributed by atoms with van der Waals surface area (Å²) in [7, 11) is 0. The normalized spacial score (nSPS) is 22.1. The largest absolute Gasteiger partial charge is 0.391 e. The molecule has 3 aromatic carbocycles. The first-order valence-corrected chi connectivity index (χ1v) is 8.58. The van der Waals surface area contributed by atoms with Gasteiger partial charge in [0.25, 0.3) is 0 Å². The van der Waals surface area contributed by atoms with E-state index in [1.807, 2.05) is 0 Å². The Morgan fingerprint density at radius 1 is 0.917 bits per heavy atom. The molecule has 3 aromatic rings. The summed E-state index contributed by atoms with van der Waals surface area (Å²) in [5.74, 6) is 0. The molecule has 1 aliphatic carbocycles. The molecule has 0 saturated carbocycles. The molecule has 122 valence electrons. The van der Waals surface area contributed by atoms with Crippen molar-refractivity contribution < 1.29 is 5.11 Å². The van der Waals surface area contributed by atoms with Crippen LogP contribution in [0.4, 0.5) is 5.69 Å². The van der Waals surface area contributed by atoms with Crippen LogP contribution >= 0.6 is 0 Å². The molecular weight excluding hydrogens is 294 g/mol. The van der Waals surface area contributed by atoms with Crippen LogP contribution in [-0.4, -0.2) is 11.2 Å². The summed E-state index contributed by atoms with van der Waals surface area (Å²) in [6.07, 6.45) is 0.348. The fraction of sp³-hybridized carbons (Fsp3) is 0.273. The van der Waals surface area contributed by atoms with Gasteiger partial charge in [0.05, 0.1) is 12.1 Å². The van der Waals surface area contributed by atoms with E-state index >= 15 is 0 Å². The van der Waals surface area contributed by atoms with Gasteiger partial charge in [0.1, 0.15) is 0 Å². The van der Waals surface area contributed by atoms with Gasteiger partial charge < -0.3 is 10.4 Å². The van der Waals surface area contributed by atoms with Crippen LogP contribution in [0.1, 0.15) is 37.4 Å². The monoisotopic (exact) mass is 317 g/mol. The van der Waals surface area contributed by atoms with Crippen molar-refractivity contribution in [2.24, 2.45) is 0 Å². The molecule has 2 unspecified atom stereocenters. The number of fused-ring (bicyclic) bond motifs is 2. The third-order valence-electron chi connectivity index (χ3n) is 5.23. The number of nitrogens with one attached hydrogen (secondary N) is 1. The molecule has 0 heterocycles. The van der Waals surface area contributed by atoms with Crippen LogP contribution in [0.3, 0.4) is 0 Å². The fourth-order valence-corrected chi connectivity index (χ4v) is 4.04. The average Bonchev–Trinajstić information content (AvgIpc) is 2.58. The lowest BCUT2D eigenvalue weighted by molar-refractivity contribution is 0.107. The van der Waals surface area contributed by atoms with Crippen molar-refractivity contribution in [2.75, 3.05) is 5.32 Å². The highest BCUT2D eigenvalue weighted by Crippen LogP contribution is 2.43. The van der Waals surface area contributed by atoms with E-state index in [1.165, 1.54) is 21.9 Å². The first-order chi connectivity index (χ1) is 11.6. The topological polar surface area (TPSA) is 32.3 Å². The highest BCUT2D eigenvalue weighted by atomic mass is 16.3. The van der Waals surface area contributed by atoms with Crippen LogP contribution in [0, 0.1) is 0 Å². The zero-order chi connectivity index (χ0) is 16.7. The number of benzene rings is 3. The maximum Gasteiger partial charge on any atom is 0.0791 e. The molecule has 0 saturated heterocycles. The highest BCUT2D eigenvalue weighted by Gasteiger charge is 2.38. The van der Waals surface area contributed by atoms with Gasteiger partial charge in [0.15, 0.2) is 0 Å². The lowest BCUT2D eigenvalue weighted by Crippen LogP contribution is -2.39. The predicted octanol–water partition coefficient (Wildman–Crippen LogP) is 5.04. The van der Waals surface area contributed by atoms with Gasteiger partial charge in [-0.1, -0.05) is 74.5 Å². The van der Waals surface area contributed by atoms with E-state index < -0.39 is 6.10 Å². The first-order valence-electron chi connectivity index (χ1n) is 8.58. The molecule has 1 aliphatic rings. The number of anilines is 1. The van der Waals surface area contributed by atoms with Gasteiger partial charge in [0, 0.05) is 11.1 Å². The van der Waals surface area contributed by atoms with E-state index in [1.54, 1.807) is 0 Å². The van der Waals surface area contributed by atoms with Crippen LogP contribution in [0.15, 0.2) is 66.7 Å². The Labute approximate surface area is 143 Å². The zero-order valence-corrected chi connectivity index (χ0v) is 14.2. The Kier molecular flexibility index (Phi) is 3.58. The van der Waals surface area contributed by atoms with E-state index in [4.69, 9.17) is 0 Å². The highest BCUT2D eigenvalue weighted by molar-refractivity contribution is 5.94. The Hall–Kier alpha value is -2.32. The van der Waals surface area contributed by atoms with Crippen molar-refractivity contribution >= 4 is 16.5 Å². The second-order valence-electron chi connectivity index (χ2n) is 7.39. The van der Waals surface area contributed by atoms with E-state index in [0.29, 0.717) is 0 Å². The Bertz CT molecular complexity index is 879. The molecule has 2 N–H and O–H groups in total. The average molecular weight is 317 g/mol. The van der Waals surface area contributed by atoms with Crippen LogP contribution in [-0.2, 0) is 5.41 Å². The number of rotatable bonds is 2. The van der Waals surface area contributed by atoms with E-state index in [0.717, 1.165) is 12.1 Å². The minimum Gasteiger partial charge on any atom is -0.391 e. The number of aliphatic hydroxyl groups excluding tert-OH is 1. The van der Waals surface area contributed by atoms with Crippen molar-refractivity contribution in [3.63, 3.8) is 0 Å². The molecule has 0 bridgehead atoms. The van der Waals surface area contributed by atoms with Crippen molar-refractivity contribution in [1.29, 1.82) is 0 Å². The van der Waals surface area contributed by atoms with Gasteiger partial charge in [-0.05, 0) is 34.4 Å². The molecular formula is C22H23NO. The molecule has 0 fully saturated rings. The Morgan fingerprint density at radius 3 is 2.50 bits per heavy atom. The molecule has 0 radical (unpaired) electrons. The molecule has 24 heavy (non-hydrogen) atoms. The third kappa shape index (κ3) is 2.47. The maximum absolute atomic E-state index is 10.8. The lowest BCUT2D eigenvalue weighted by atomic mass is 9.69. The van der Waals surface area contributed by atoms with Crippen LogP contribution in [0.5, 0.6) is 0 Å². The van der Waals surface area contributed by atoms with Crippen molar-refractivity contribution in [3.8, 4) is 0 Å². The lowest BCUT2D eigenvalue weighted by Gasteiger charge is -2.41. The van der Waals surface area contributed by atoms with Crippen LogP contribution in [0.25, 0.3) is 10.8 Å². The minimum atomic E-state index is -0.408. The van der Waals surface area contributed by atoms with Gasteiger partial charge in [-0.2, -0.15) is 0 Å². The second-order valence-corrected chi connectivity index (χ2v) is 7.39. The molecule has 0 aliphatic heterocycles. The molecule has 0 spiro atoms. The quantitative estimate of drug-likeness (QED) is 0.694. The van der Waals surface area contributed by atoms with E-state index in [-0.39, 0.29) is 11.5 Å². The van der Waals surface area contributed by atoms with Crippen molar-refractivity contribution in [1.82, 2.24) is 0 Å². The summed E-state index contributed by atoms with van der Waals surface area (Å²) in [5, 5.41) is 16.8. The van der Waals surface area contributed by atoms with Gasteiger partial charge >= 0.3 is 0 Å². The number of hydrogen-bond donors (Lipinski definition) is 2. The summed E-state index contributed by atoms with van der Waals surface area (Å²) in [4.78, 5) is 0. The summed E-state index contributed by atoms with van der Waals surface area (Å²) in [6, 6.07) is 23.0. The zero-order valence-electron chi connectivity index (χ0n) is 14.2. The molecule has 2 nitrogen and oxygen atoms in total. The van der Waals surface area contributed by atoms with E-state index in [9.17, 15) is 5.11 Å². The first kappa shape index (κ1) is 15.2. The number of hydrogen-bond acceptors (Lipinski definition) is 2. The van der Waals surface area contributed by atoms with Gasteiger partial charge in [-0.25, -0.2) is 0 Å². The minimum absolute atomic E-state index is 0.00700. The molecule has 2 atom stereocenters. The summed E-state index contributed by atoms with van der Waals surface area (Å²) in [5.41, 5.74) is 3.60. The predicted molar refractivity (Wildman–Crippen MR) is 100 cm³/mol. The van der Waals surface area contributed by atoms with Crippen LogP contribution in [0.2, 0.25) is 0 Å². The molecule has 0 amide bonds. The smallest absolute Gasteiger partial charge is 0.0791 e. The van der Waals surface area contributed by atoms with Crippen molar-refractivity contribution in [3.05, 3.63) is 77.9 Å². The third-order valence-corrected chi connectivity index (χ3v) is 5.23. The standard InChI is InChI=1S/C22H23NO/c1-22(2)14-20(24)21(17-11-5-6-12-18(17)22)23-19-13-7-9-15-8-3-4-10-16(15)19/h3-13,20-21,23-24H,14H2,1-2H3. The maximum atomic E-state index is 10.8. The molecule has 4 rings (SSSR count). The molecule has 2 heteroatoms. The fourth-order valence-electron chi connectivity index (χ4n) is 4.04. The SMILES string of the molecule is CC1(C)CC(O)C(Nc2cccc3ccccc23)c2ccccc21. The van der Waals surface area contributed by atoms with Gasteiger partial charge in [0.2, 0.25) is 0 Å². The summed E-state index contributed by atoms with van der Waals surface area (Å²) >= 11 is 0. The second kappa shape index (κ2) is 5.64. The molecule has 0 aromatic heterocycles. The number of aliphatic hydroxyl groups is 1. The summed E-state index contributed by atoms with van der Waals surface area (Å²) in [6.45, 7) is 4.42. The Balaban J connectivity index is 1.79. The van der Waals surface area contributed by atoms with Gasteiger partial charge in [-0.3, -0.25) is 0 Å². The van der Waals surface area contributed by atoms with Crippen molar-refractivity contribution in [2.45, 2.75) is 37.8 Å². The Morgan fingerprint density at radius 2 is 1.62 bits per heavy atom. The summed E-state index contributed by atoms with van der Waals surface area (Å²) < 4.78 is 0. The van der Waals surface area contributed by atoms with E-state index in [2.05, 4.69) is 85.9 Å².